The van der Waals surface area contributed by atoms with E-state index in [1.54, 1.807) is 4.90 Å². The van der Waals surface area contributed by atoms with Crippen molar-refractivity contribution in [3.8, 4) is 5.88 Å². The zero-order valence-corrected chi connectivity index (χ0v) is 13.5. The number of likely N-dealkylation sites (tertiary alicyclic amines) is 1. The van der Waals surface area contributed by atoms with Crippen LogP contribution in [0.4, 0.5) is 0 Å². The van der Waals surface area contributed by atoms with Crippen LogP contribution in [0, 0.1) is 6.92 Å². The zero-order chi connectivity index (χ0) is 15.5. The lowest BCUT2D eigenvalue weighted by atomic mass is 10.1. The van der Waals surface area contributed by atoms with Crippen molar-refractivity contribution < 1.29 is 9.53 Å². The molecule has 3 heterocycles. The fourth-order valence-corrected chi connectivity index (χ4v) is 3.02. The molecule has 1 amide bonds. The van der Waals surface area contributed by atoms with Gasteiger partial charge in [-0.1, -0.05) is 23.9 Å². The van der Waals surface area contributed by atoms with Crippen molar-refractivity contribution in [2.24, 2.45) is 0 Å². The average molecular weight is 318 g/mol. The maximum Gasteiger partial charge on any atom is 0.267 e. The van der Waals surface area contributed by atoms with E-state index < -0.39 is 0 Å². The van der Waals surface area contributed by atoms with E-state index in [0.29, 0.717) is 23.8 Å². The normalized spacial score (nSPS) is 14.7. The van der Waals surface area contributed by atoms with Crippen molar-refractivity contribution in [3.63, 3.8) is 0 Å². The van der Waals surface area contributed by atoms with Crippen molar-refractivity contribution >= 4 is 17.4 Å². The van der Waals surface area contributed by atoms with Gasteiger partial charge in [0.15, 0.2) is 0 Å². The Balaban J connectivity index is 1.56. The highest BCUT2D eigenvalue weighted by Gasteiger charge is 2.35. The Hall–Kier alpha value is -2.02. The lowest BCUT2D eigenvalue weighted by Crippen LogP contribution is -2.56. The van der Waals surface area contributed by atoms with Crippen LogP contribution in [0.5, 0.6) is 5.88 Å². The van der Waals surface area contributed by atoms with Crippen LogP contribution in [0.15, 0.2) is 18.2 Å². The molecule has 1 aliphatic rings. The molecule has 0 saturated carbocycles. The van der Waals surface area contributed by atoms with E-state index in [4.69, 9.17) is 4.74 Å². The van der Waals surface area contributed by atoms with Crippen LogP contribution in [-0.4, -0.2) is 44.6 Å². The first-order chi connectivity index (χ1) is 10.7. The third-order valence-corrected chi connectivity index (χ3v) is 4.28. The van der Waals surface area contributed by atoms with E-state index in [0.717, 1.165) is 24.2 Å². The van der Waals surface area contributed by atoms with Crippen LogP contribution in [0.1, 0.15) is 34.4 Å². The topological polar surface area (TPSA) is 68.2 Å². The third-order valence-electron chi connectivity index (χ3n) is 3.52. The predicted octanol–water partition coefficient (Wildman–Crippen LogP) is 2.10. The van der Waals surface area contributed by atoms with E-state index in [1.807, 2.05) is 25.1 Å². The summed E-state index contributed by atoms with van der Waals surface area (Å²) in [6.45, 7) is 5.15. The van der Waals surface area contributed by atoms with Crippen LogP contribution in [0.3, 0.4) is 0 Å². The maximum absolute atomic E-state index is 12.4. The largest absolute Gasteiger partial charge is 0.471 e. The van der Waals surface area contributed by atoms with Crippen LogP contribution < -0.4 is 4.74 Å². The molecule has 2 aromatic heterocycles. The molecule has 0 spiro atoms. The summed E-state index contributed by atoms with van der Waals surface area (Å²) in [6, 6.07) is 5.68. The first-order valence-corrected chi connectivity index (χ1v) is 8.15. The van der Waals surface area contributed by atoms with Gasteiger partial charge in [0, 0.05) is 11.8 Å². The monoisotopic (exact) mass is 318 g/mol. The number of rotatable bonds is 5. The van der Waals surface area contributed by atoms with Gasteiger partial charge in [-0.25, -0.2) is 4.98 Å². The van der Waals surface area contributed by atoms with E-state index in [2.05, 4.69) is 21.5 Å². The number of hydrogen-bond donors (Lipinski definition) is 0. The molecule has 0 aliphatic carbocycles. The molecule has 0 radical (unpaired) electrons. The number of pyridine rings is 1. The number of carbonyl (C=O) groups excluding carboxylic acids is 1. The van der Waals surface area contributed by atoms with Gasteiger partial charge in [-0.2, -0.15) is 0 Å². The number of amides is 1. The summed E-state index contributed by atoms with van der Waals surface area (Å²) in [7, 11) is 0. The quantitative estimate of drug-likeness (QED) is 0.844. The second-order valence-corrected chi connectivity index (χ2v) is 6.12. The first-order valence-electron chi connectivity index (χ1n) is 7.38. The molecule has 0 bridgehead atoms. The van der Waals surface area contributed by atoms with Crippen LogP contribution in [0.25, 0.3) is 0 Å². The number of aromatic nitrogens is 3. The van der Waals surface area contributed by atoms with E-state index in [-0.39, 0.29) is 12.0 Å². The zero-order valence-electron chi connectivity index (χ0n) is 12.7. The molecule has 116 valence electrons. The first kappa shape index (κ1) is 14.9. The van der Waals surface area contributed by atoms with Gasteiger partial charge < -0.3 is 9.64 Å². The Morgan fingerprint density at radius 2 is 2.27 bits per heavy atom. The fourth-order valence-electron chi connectivity index (χ4n) is 2.35. The molecule has 22 heavy (non-hydrogen) atoms. The van der Waals surface area contributed by atoms with Gasteiger partial charge in [0.05, 0.1) is 18.8 Å². The summed E-state index contributed by atoms with van der Waals surface area (Å²) in [6.07, 6.45) is 1.75. The summed E-state index contributed by atoms with van der Waals surface area (Å²) < 4.78 is 9.68. The van der Waals surface area contributed by atoms with Crippen molar-refractivity contribution in [2.75, 3.05) is 13.1 Å². The lowest BCUT2D eigenvalue weighted by molar-refractivity contribution is 0.0162. The molecule has 1 saturated heterocycles. The van der Waals surface area contributed by atoms with E-state index >= 15 is 0 Å². The summed E-state index contributed by atoms with van der Waals surface area (Å²) in [4.78, 5) is 19.2. The van der Waals surface area contributed by atoms with E-state index in [1.165, 1.54) is 11.5 Å². The predicted molar refractivity (Wildman–Crippen MR) is 83.2 cm³/mol. The standard InChI is InChI=1S/C15H18N4O2S/c1-3-5-12-14(22-18-17-12)15(20)19-8-11(9-19)21-13-7-4-6-10(2)16-13/h4,6-7,11H,3,5,8-9H2,1-2H3. The van der Waals surface area contributed by atoms with Gasteiger partial charge in [0.25, 0.3) is 5.91 Å². The molecular weight excluding hydrogens is 300 g/mol. The number of nitrogens with zero attached hydrogens (tertiary/aromatic N) is 4. The minimum atomic E-state index is 0.00811. The van der Waals surface area contributed by atoms with Gasteiger partial charge in [0.2, 0.25) is 5.88 Å². The van der Waals surface area contributed by atoms with Gasteiger partial charge in [-0.05, 0) is 30.9 Å². The SMILES string of the molecule is CCCc1nnsc1C(=O)N1CC(Oc2cccc(C)n2)C1. The van der Waals surface area contributed by atoms with Crippen molar-refractivity contribution in [1.82, 2.24) is 19.5 Å². The van der Waals surface area contributed by atoms with Crippen molar-refractivity contribution in [1.29, 1.82) is 0 Å². The van der Waals surface area contributed by atoms with Gasteiger partial charge in [-0.15, -0.1) is 5.10 Å². The van der Waals surface area contributed by atoms with Crippen molar-refractivity contribution in [3.05, 3.63) is 34.5 Å². The number of hydrogen-bond acceptors (Lipinski definition) is 6. The van der Waals surface area contributed by atoms with Gasteiger partial charge in [-0.3, -0.25) is 4.79 Å². The van der Waals surface area contributed by atoms with Crippen LogP contribution >= 0.6 is 11.5 Å². The molecule has 1 aliphatic heterocycles. The molecular formula is C15H18N4O2S. The number of carbonyl (C=O) groups is 1. The number of aryl methyl sites for hydroxylation is 2. The summed E-state index contributed by atoms with van der Waals surface area (Å²) >= 11 is 1.18. The average Bonchev–Trinajstić information content (AvgIpc) is 2.90. The Kier molecular flexibility index (Phi) is 4.33. The summed E-state index contributed by atoms with van der Waals surface area (Å²) in [5.41, 5.74) is 1.73. The summed E-state index contributed by atoms with van der Waals surface area (Å²) in [5.74, 6) is 0.624. The van der Waals surface area contributed by atoms with Crippen molar-refractivity contribution in [2.45, 2.75) is 32.8 Å². The second kappa shape index (κ2) is 6.39. The smallest absolute Gasteiger partial charge is 0.267 e. The van der Waals surface area contributed by atoms with E-state index in [9.17, 15) is 4.79 Å². The summed E-state index contributed by atoms with van der Waals surface area (Å²) in [5, 5.41) is 4.04. The molecule has 3 rings (SSSR count). The Labute approximate surface area is 133 Å². The number of ether oxygens (including phenoxy) is 1. The molecule has 0 atom stereocenters. The third kappa shape index (κ3) is 3.09. The fraction of sp³-hybridized carbons (Fsp3) is 0.467. The highest BCUT2D eigenvalue weighted by molar-refractivity contribution is 7.08. The Morgan fingerprint density at radius 3 is 3.00 bits per heavy atom. The van der Waals surface area contributed by atoms with Crippen LogP contribution in [-0.2, 0) is 6.42 Å². The molecule has 1 fully saturated rings. The molecule has 6 nitrogen and oxygen atoms in total. The van der Waals surface area contributed by atoms with Crippen LogP contribution in [0.2, 0.25) is 0 Å². The molecule has 7 heteroatoms. The highest BCUT2D eigenvalue weighted by Crippen LogP contribution is 2.22. The Bertz CT molecular complexity index is 667. The van der Waals surface area contributed by atoms with Gasteiger partial charge in [0.1, 0.15) is 11.0 Å². The molecule has 0 aromatic carbocycles. The molecule has 2 aromatic rings. The minimum absolute atomic E-state index is 0.00811. The lowest BCUT2D eigenvalue weighted by Gasteiger charge is -2.38. The second-order valence-electron chi connectivity index (χ2n) is 5.37. The highest BCUT2D eigenvalue weighted by atomic mass is 32.1. The van der Waals surface area contributed by atoms with Gasteiger partial charge >= 0.3 is 0 Å². The molecule has 0 N–H and O–H groups in total. The minimum Gasteiger partial charge on any atom is -0.471 e. The Morgan fingerprint density at radius 1 is 1.45 bits per heavy atom. The molecule has 0 unspecified atom stereocenters. The maximum atomic E-state index is 12.4.